The zero-order valence-corrected chi connectivity index (χ0v) is 24.6. The van der Waals surface area contributed by atoms with Crippen LogP contribution in [-0.2, 0) is 36.3 Å². The molecule has 1 aliphatic rings. The Morgan fingerprint density at radius 3 is 2.10 bits per heavy atom. The van der Waals surface area contributed by atoms with Gasteiger partial charge in [0.25, 0.3) is 0 Å². The van der Waals surface area contributed by atoms with E-state index in [4.69, 9.17) is 18.8 Å². The van der Waals surface area contributed by atoms with E-state index in [0.717, 1.165) is 40.0 Å². The minimum Gasteiger partial charge on any atom is -0.483 e. The lowest BCUT2D eigenvalue weighted by atomic mass is 9.98. The van der Waals surface area contributed by atoms with Crippen LogP contribution >= 0.6 is 0 Å². The summed E-state index contributed by atoms with van der Waals surface area (Å²) in [5.74, 6) is -0.375. The molecule has 0 bridgehead atoms. The number of alkyl halides is 2. The minimum absolute atomic E-state index is 0.0461. The van der Waals surface area contributed by atoms with E-state index in [9.17, 15) is 17.2 Å². The highest BCUT2D eigenvalue weighted by atomic mass is 32.2. The molecule has 0 radical (unpaired) electrons. The molecule has 1 N–H and O–H groups in total. The van der Waals surface area contributed by atoms with Crippen LogP contribution in [0.5, 0.6) is 5.75 Å². The smallest absolute Gasteiger partial charge is 0.405 e. The van der Waals surface area contributed by atoms with Crippen molar-refractivity contribution in [3.8, 4) is 5.75 Å². The second-order valence-electron chi connectivity index (χ2n) is 10.1. The van der Waals surface area contributed by atoms with Gasteiger partial charge in [-0.05, 0) is 100 Å². The van der Waals surface area contributed by atoms with Gasteiger partial charge in [0, 0.05) is 5.56 Å². The van der Waals surface area contributed by atoms with Crippen molar-refractivity contribution in [3.05, 3.63) is 84.4 Å². The summed E-state index contributed by atoms with van der Waals surface area (Å²) in [6.07, 6.45) is -0.00359. The van der Waals surface area contributed by atoms with E-state index in [-0.39, 0.29) is 11.9 Å². The van der Waals surface area contributed by atoms with Crippen LogP contribution in [0.2, 0.25) is 0 Å². The van der Waals surface area contributed by atoms with Gasteiger partial charge in [-0.2, -0.15) is 17.2 Å². The van der Waals surface area contributed by atoms with Crippen LogP contribution in [0.25, 0.3) is 0 Å². The van der Waals surface area contributed by atoms with Gasteiger partial charge in [0.1, 0.15) is 5.75 Å². The molecule has 0 spiro atoms. The first kappa shape index (κ1) is 30.5. The summed E-state index contributed by atoms with van der Waals surface area (Å²) < 4.78 is 76.7. The molecule has 0 aliphatic carbocycles. The standard InChI is InChI=1S/C30H34F2O6S2/c1-21-9-8-20-36-29(4,38-22(21)2)24-12-16-27(17-13-24)39(26-10-6-5-7-11-26)28-18-14-25(15-19-28)37-23(3)30(31,32)40(33,34)35/h5-7,10-19,21-23H,8-9,20H2,1-4H3/p+1. The highest BCUT2D eigenvalue weighted by Gasteiger charge is 2.51. The number of benzene rings is 3. The second-order valence-corrected chi connectivity index (χ2v) is 13.7. The molecular weight excluding hydrogens is 558 g/mol. The molecule has 1 aliphatic heterocycles. The third-order valence-corrected chi connectivity index (χ3v) is 10.4. The lowest BCUT2D eigenvalue weighted by Crippen LogP contribution is -2.42. The highest BCUT2D eigenvalue weighted by molar-refractivity contribution is 7.97. The molecule has 5 unspecified atom stereocenters. The van der Waals surface area contributed by atoms with Gasteiger partial charge < -0.3 is 14.2 Å². The summed E-state index contributed by atoms with van der Waals surface area (Å²) >= 11 is 0. The molecule has 0 amide bonds. The summed E-state index contributed by atoms with van der Waals surface area (Å²) in [4.78, 5) is 3.00. The summed E-state index contributed by atoms with van der Waals surface area (Å²) in [5.41, 5.74) is 0.923. The van der Waals surface area contributed by atoms with E-state index in [1.54, 1.807) is 12.1 Å². The van der Waals surface area contributed by atoms with Crippen molar-refractivity contribution in [3.63, 3.8) is 0 Å². The SMILES string of the molecule is CC1CCCOC(C)(c2ccc([S+](c3ccccc3)c3ccc(OC(C)C(F)(F)S(=O)(=O)O)cc3)cc2)OC1C. The summed E-state index contributed by atoms with van der Waals surface area (Å²) in [7, 11) is -6.15. The van der Waals surface area contributed by atoms with Gasteiger partial charge in [0.05, 0.1) is 23.6 Å². The van der Waals surface area contributed by atoms with Crippen molar-refractivity contribution >= 4 is 21.0 Å². The van der Waals surface area contributed by atoms with Crippen molar-refractivity contribution in [1.82, 2.24) is 0 Å². The van der Waals surface area contributed by atoms with Crippen molar-refractivity contribution in [1.29, 1.82) is 0 Å². The van der Waals surface area contributed by atoms with E-state index >= 15 is 0 Å². The van der Waals surface area contributed by atoms with E-state index in [1.807, 2.05) is 49.4 Å². The molecular formula is C30H35F2O6S2+. The third kappa shape index (κ3) is 6.69. The van der Waals surface area contributed by atoms with Gasteiger partial charge in [-0.1, -0.05) is 25.1 Å². The molecule has 1 saturated heterocycles. The van der Waals surface area contributed by atoms with Crippen LogP contribution in [0.1, 0.15) is 46.1 Å². The number of rotatable bonds is 8. The third-order valence-electron chi connectivity index (χ3n) is 7.18. The van der Waals surface area contributed by atoms with Crippen LogP contribution in [-0.4, -0.2) is 37.0 Å². The van der Waals surface area contributed by atoms with Gasteiger partial charge in [-0.15, -0.1) is 0 Å². The van der Waals surface area contributed by atoms with Gasteiger partial charge in [-0.25, -0.2) is 0 Å². The monoisotopic (exact) mass is 593 g/mol. The normalized spacial score (nSPS) is 24.0. The maximum atomic E-state index is 14.0. The molecule has 10 heteroatoms. The molecule has 0 saturated carbocycles. The van der Waals surface area contributed by atoms with E-state index in [2.05, 4.69) is 26.0 Å². The number of halogens is 2. The molecule has 5 atom stereocenters. The maximum Gasteiger partial charge on any atom is 0.405 e. The molecule has 1 heterocycles. The van der Waals surface area contributed by atoms with Crippen LogP contribution in [0.4, 0.5) is 8.78 Å². The Kier molecular flexibility index (Phi) is 9.26. The Hall–Kier alpha value is -2.50. The van der Waals surface area contributed by atoms with Gasteiger partial charge in [-0.3, -0.25) is 4.55 Å². The van der Waals surface area contributed by atoms with Gasteiger partial charge >= 0.3 is 15.4 Å². The summed E-state index contributed by atoms with van der Waals surface area (Å²) in [6.45, 7) is 7.74. The zero-order valence-electron chi connectivity index (χ0n) is 22.9. The Balaban J connectivity index is 1.62. The topological polar surface area (TPSA) is 82.1 Å². The fourth-order valence-electron chi connectivity index (χ4n) is 4.56. The Morgan fingerprint density at radius 2 is 1.52 bits per heavy atom. The Bertz CT molecular complexity index is 1370. The first-order valence-electron chi connectivity index (χ1n) is 13.1. The molecule has 3 aromatic rings. The van der Waals surface area contributed by atoms with Gasteiger partial charge in [0.15, 0.2) is 26.6 Å². The predicted octanol–water partition coefficient (Wildman–Crippen LogP) is 7.05. The first-order chi connectivity index (χ1) is 18.8. The summed E-state index contributed by atoms with van der Waals surface area (Å²) in [5, 5.41) is -4.45. The molecule has 4 rings (SSSR count). The first-order valence-corrected chi connectivity index (χ1v) is 15.8. The lowest BCUT2D eigenvalue weighted by molar-refractivity contribution is -0.270. The predicted molar refractivity (Wildman–Crippen MR) is 150 cm³/mol. The highest BCUT2D eigenvalue weighted by Crippen LogP contribution is 2.37. The largest absolute Gasteiger partial charge is 0.483 e. The second kappa shape index (κ2) is 12.2. The van der Waals surface area contributed by atoms with Crippen molar-refractivity contribution in [2.45, 2.75) is 78.5 Å². The fraction of sp³-hybridized carbons (Fsp3) is 0.400. The zero-order chi connectivity index (χ0) is 29.1. The van der Waals surface area contributed by atoms with Crippen LogP contribution in [0.15, 0.2) is 93.5 Å². The van der Waals surface area contributed by atoms with Crippen LogP contribution in [0, 0.1) is 5.92 Å². The molecule has 6 nitrogen and oxygen atoms in total. The lowest BCUT2D eigenvalue weighted by Gasteiger charge is -2.37. The average molecular weight is 594 g/mol. The Morgan fingerprint density at radius 1 is 0.975 bits per heavy atom. The average Bonchev–Trinajstić information content (AvgIpc) is 2.91. The maximum absolute atomic E-state index is 14.0. The minimum atomic E-state index is -5.62. The number of hydrogen-bond donors (Lipinski definition) is 1. The van der Waals surface area contributed by atoms with Crippen molar-refractivity contribution in [2.24, 2.45) is 5.92 Å². The van der Waals surface area contributed by atoms with Crippen molar-refractivity contribution in [2.75, 3.05) is 6.61 Å². The molecule has 1 fully saturated rings. The quantitative estimate of drug-likeness (QED) is 0.223. The Labute approximate surface area is 237 Å². The van der Waals surface area contributed by atoms with Crippen LogP contribution in [0.3, 0.4) is 0 Å². The fourth-order valence-corrected chi connectivity index (χ4v) is 7.09. The summed E-state index contributed by atoms with van der Waals surface area (Å²) in [6, 6.07) is 24.6. The van der Waals surface area contributed by atoms with E-state index in [1.165, 1.54) is 12.1 Å². The molecule has 3 aromatic carbocycles. The molecule has 0 aromatic heterocycles. The number of ether oxygens (including phenoxy) is 3. The number of hydrogen-bond acceptors (Lipinski definition) is 5. The van der Waals surface area contributed by atoms with E-state index < -0.39 is 38.2 Å². The van der Waals surface area contributed by atoms with Crippen molar-refractivity contribution < 1.29 is 36.0 Å². The van der Waals surface area contributed by atoms with Crippen LogP contribution < -0.4 is 4.74 Å². The van der Waals surface area contributed by atoms with E-state index in [0.29, 0.717) is 12.5 Å². The molecule has 216 valence electrons. The van der Waals surface area contributed by atoms with Gasteiger partial charge in [0.2, 0.25) is 0 Å². The molecule has 40 heavy (non-hydrogen) atoms.